The molecule has 0 nitrogen and oxygen atoms in total. The molecule has 0 aliphatic rings. The van der Waals surface area contributed by atoms with Gasteiger partial charge in [0, 0.05) is 0 Å². The van der Waals surface area contributed by atoms with Gasteiger partial charge in [-0.2, -0.15) is 11.3 Å². The minimum absolute atomic E-state index is 1.34. The molecule has 0 unspecified atom stereocenters. The second-order valence-electron chi connectivity index (χ2n) is 3.26. The van der Waals surface area contributed by atoms with Crippen molar-refractivity contribution in [3.05, 3.63) is 46.2 Å². The Morgan fingerprint density at radius 3 is 2.62 bits per heavy atom. The Labute approximate surface area is 82.9 Å². The number of thiophene rings is 1. The molecule has 2 aromatic rings. The van der Waals surface area contributed by atoms with E-state index in [1.54, 1.807) is 11.3 Å². The maximum atomic E-state index is 2.20. The van der Waals surface area contributed by atoms with E-state index in [1.165, 1.54) is 22.3 Å². The molecule has 0 radical (unpaired) electrons. The van der Waals surface area contributed by atoms with Crippen molar-refractivity contribution in [1.29, 1.82) is 0 Å². The fraction of sp³-hybridized carbons (Fsp3) is 0.167. The van der Waals surface area contributed by atoms with Crippen LogP contribution in [-0.4, -0.2) is 0 Å². The van der Waals surface area contributed by atoms with Crippen molar-refractivity contribution >= 4 is 11.3 Å². The van der Waals surface area contributed by atoms with E-state index in [1.807, 2.05) is 0 Å². The summed E-state index contributed by atoms with van der Waals surface area (Å²) in [6.45, 7) is 4.34. The second kappa shape index (κ2) is 3.35. The highest BCUT2D eigenvalue weighted by Crippen LogP contribution is 2.26. The summed E-state index contributed by atoms with van der Waals surface area (Å²) in [5.41, 5.74) is 5.46. The summed E-state index contributed by atoms with van der Waals surface area (Å²) in [4.78, 5) is 0. The van der Waals surface area contributed by atoms with Gasteiger partial charge in [0.1, 0.15) is 0 Å². The van der Waals surface area contributed by atoms with Gasteiger partial charge in [-0.15, -0.1) is 0 Å². The van der Waals surface area contributed by atoms with Crippen LogP contribution in [0.3, 0.4) is 0 Å². The van der Waals surface area contributed by atoms with Crippen LogP contribution in [0.2, 0.25) is 0 Å². The fourth-order valence-corrected chi connectivity index (χ4v) is 2.14. The predicted octanol–water partition coefficient (Wildman–Crippen LogP) is 4.03. The molecule has 0 amide bonds. The minimum atomic E-state index is 1.34. The molecular formula is C12H12S. The van der Waals surface area contributed by atoms with Crippen LogP contribution >= 0.6 is 11.3 Å². The van der Waals surface area contributed by atoms with E-state index in [4.69, 9.17) is 0 Å². The highest BCUT2D eigenvalue weighted by atomic mass is 32.1. The summed E-state index contributed by atoms with van der Waals surface area (Å²) in [7, 11) is 0. The average molecular weight is 188 g/mol. The zero-order valence-electron chi connectivity index (χ0n) is 7.87. The Morgan fingerprint density at radius 2 is 1.92 bits per heavy atom. The van der Waals surface area contributed by atoms with E-state index in [-0.39, 0.29) is 0 Å². The lowest BCUT2D eigenvalue weighted by molar-refractivity contribution is 1.34. The first-order valence-electron chi connectivity index (χ1n) is 4.38. The van der Waals surface area contributed by atoms with Crippen LogP contribution in [0.5, 0.6) is 0 Å². The average Bonchev–Trinajstić information content (AvgIpc) is 2.62. The summed E-state index contributed by atoms with van der Waals surface area (Å²) in [6, 6.07) is 8.64. The molecule has 0 saturated carbocycles. The van der Waals surface area contributed by atoms with Gasteiger partial charge in [-0.3, -0.25) is 0 Å². The molecule has 1 aromatic carbocycles. The van der Waals surface area contributed by atoms with E-state index in [2.05, 4.69) is 48.9 Å². The maximum absolute atomic E-state index is 2.20. The molecular weight excluding hydrogens is 176 g/mol. The highest BCUT2D eigenvalue weighted by molar-refractivity contribution is 7.08. The van der Waals surface area contributed by atoms with Crippen LogP contribution in [0.1, 0.15) is 11.1 Å². The maximum Gasteiger partial charge on any atom is -0.00146 e. The SMILES string of the molecule is Cc1cccc(-c2ccsc2)c1C. The van der Waals surface area contributed by atoms with Crippen molar-refractivity contribution in [2.75, 3.05) is 0 Å². The van der Waals surface area contributed by atoms with Crippen LogP contribution in [0.15, 0.2) is 35.0 Å². The van der Waals surface area contributed by atoms with Crippen LogP contribution in [0, 0.1) is 13.8 Å². The number of hydrogen-bond donors (Lipinski definition) is 0. The van der Waals surface area contributed by atoms with Gasteiger partial charge in [-0.25, -0.2) is 0 Å². The van der Waals surface area contributed by atoms with Crippen LogP contribution in [-0.2, 0) is 0 Å². The summed E-state index contributed by atoms with van der Waals surface area (Å²) >= 11 is 1.75. The van der Waals surface area contributed by atoms with Gasteiger partial charge in [0.2, 0.25) is 0 Å². The monoisotopic (exact) mass is 188 g/mol. The normalized spacial score (nSPS) is 10.3. The lowest BCUT2D eigenvalue weighted by atomic mass is 9.99. The first kappa shape index (κ1) is 8.52. The molecule has 0 fully saturated rings. The summed E-state index contributed by atoms with van der Waals surface area (Å²) < 4.78 is 0. The Bertz CT molecular complexity index is 399. The van der Waals surface area contributed by atoms with Crippen molar-refractivity contribution < 1.29 is 0 Å². The topological polar surface area (TPSA) is 0 Å². The summed E-state index contributed by atoms with van der Waals surface area (Å²) in [5.74, 6) is 0. The zero-order valence-corrected chi connectivity index (χ0v) is 8.69. The highest BCUT2D eigenvalue weighted by Gasteiger charge is 2.02. The quantitative estimate of drug-likeness (QED) is 0.633. The number of aryl methyl sites for hydroxylation is 1. The van der Waals surface area contributed by atoms with Crippen molar-refractivity contribution in [2.24, 2.45) is 0 Å². The fourth-order valence-electron chi connectivity index (χ4n) is 1.48. The standard InChI is InChI=1S/C12H12S/c1-9-4-3-5-12(10(9)2)11-6-7-13-8-11/h3-8H,1-2H3. The third-order valence-corrected chi connectivity index (χ3v) is 3.12. The lowest BCUT2D eigenvalue weighted by Gasteiger charge is -2.05. The van der Waals surface area contributed by atoms with E-state index in [0.29, 0.717) is 0 Å². The van der Waals surface area contributed by atoms with Gasteiger partial charge in [-0.05, 0) is 52.9 Å². The van der Waals surface area contributed by atoms with Crippen LogP contribution in [0.25, 0.3) is 11.1 Å². The van der Waals surface area contributed by atoms with Gasteiger partial charge >= 0.3 is 0 Å². The molecule has 1 heterocycles. The molecule has 1 aromatic heterocycles. The number of hydrogen-bond acceptors (Lipinski definition) is 1. The Hall–Kier alpha value is -1.08. The molecule has 66 valence electrons. The molecule has 0 bridgehead atoms. The molecule has 0 aliphatic carbocycles. The first-order chi connectivity index (χ1) is 6.29. The predicted molar refractivity (Wildman–Crippen MR) is 59.2 cm³/mol. The lowest BCUT2D eigenvalue weighted by Crippen LogP contribution is -1.84. The van der Waals surface area contributed by atoms with Crippen molar-refractivity contribution in [2.45, 2.75) is 13.8 Å². The van der Waals surface area contributed by atoms with Gasteiger partial charge in [0.25, 0.3) is 0 Å². The van der Waals surface area contributed by atoms with Gasteiger partial charge < -0.3 is 0 Å². The number of rotatable bonds is 1. The zero-order chi connectivity index (χ0) is 9.26. The number of benzene rings is 1. The molecule has 0 spiro atoms. The van der Waals surface area contributed by atoms with Crippen molar-refractivity contribution in [3.63, 3.8) is 0 Å². The van der Waals surface area contributed by atoms with E-state index < -0.39 is 0 Å². The third-order valence-electron chi connectivity index (χ3n) is 2.44. The van der Waals surface area contributed by atoms with E-state index in [9.17, 15) is 0 Å². The summed E-state index contributed by atoms with van der Waals surface area (Å²) in [6.07, 6.45) is 0. The largest absolute Gasteiger partial charge is 0.152 e. The molecule has 2 rings (SSSR count). The molecule has 13 heavy (non-hydrogen) atoms. The minimum Gasteiger partial charge on any atom is -0.152 e. The van der Waals surface area contributed by atoms with Gasteiger partial charge in [0.05, 0.1) is 0 Å². The smallest absolute Gasteiger partial charge is 0.00146 e. The molecule has 0 aliphatic heterocycles. The first-order valence-corrected chi connectivity index (χ1v) is 5.32. The third kappa shape index (κ3) is 1.52. The van der Waals surface area contributed by atoms with E-state index >= 15 is 0 Å². The van der Waals surface area contributed by atoms with Crippen molar-refractivity contribution in [1.82, 2.24) is 0 Å². The Morgan fingerprint density at radius 1 is 1.08 bits per heavy atom. The van der Waals surface area contributed by atoms with Crippen molar-refractivity contribution in [3.8, 4) is 11.1 Å². The Kier molecular flexibility index (Phi) is 2.19. The van der Waals surface area contributed by atoms with Crippen LogP contribution < -0.4 is 0 Å². The van der Waals surface area contributed by atoms with E-state index in [0.717, 1.165) is 0 Å². The van der Waals surface area contributed by atoms with Gasteiger partial charge in [-0.1, -0.05) is 18.2 Å². The van der Waals surface area contributed by atoms with Gasteiger partial charge in [0.15, 0.2) is 0 Å². The second-order valence-corrected chi connectivity index (χ2v) is 4.04. The molecule has 1 heteroatoms. The summed E-state index contributed by atoms with van der Waals surface area (Å²) in [5, 5.41) is 4.32. The molecule has 0 atom stereocenters. The Balaban J connectivity index is 2.59. The van der Waals surface area contributed by atoms with Crippen LogP contribution in [0.4, 0.5) is 0 Å². The molecule has 0 N–H and O–H groups in total. The molecule has 0 saturated heterocycles.